The molecule has 4 unspecified atom stereocenters. The van der Waals surface area contributed by atoms with Gasteiger partial charge in [-0.05, 0) is 49.4 Å². The van der Waals surface area contributed by atoms with Crippen molar-refractivity contribution in [2.45, 2.75) is 260 Å². The molecule has 0 aromatic rings. The molecule has 272 valence electrons. The number of hydrogen-bond acceptors (Lipinski definition) is 1. The van der Waals surface area contributed by atoms with Crippen LogP contribution in [0.2, 0.25) is 0 Å². The van der Waals surface area contributed by atoms with E-state index in [1.165, 1.54) is 193 Å². The topological polar surface area (TPSA) is 9.23 Å². The van der Waals surface area contributed by atoms with Crippen molar-refractivity contribution in [1.29, 1.82) is 0 Å². The molecular formula is C44H90O. The lowest BCUT2D eigenvalue weighted by molar-refractivity contribution is -0.0772. The molecule has 1 heteroatoms. The van der Waals surface area contributed by atoms with Crippen molar-refractivity contribution < 1.29 is 4.74 Å². The molecule has 1 nitrogen and oxygen atoms in total. The fraction of sp³-hybridized carbons (Fsp3) is 1.00. The minimum Gasteiger partial charge on any atom is -0.374 e. The normalized spacial score (nSPS) is 14.8. The second-order valence-electron chi connectivity index (χ2n) is 16.5. The zero-order chi connectivity index (χ0) is 33.4. The quantitative estimate of drug-likeness (QED) is 0.0623. The maximum atomic E-state index is 7.19. The maximum Gasteiger partial charge on any atom is 0.0604 e. The fourth-order valence-corrected chi connectivity index (χ4v) is 7.72. The summed E-state index contributed by atoms with van der Waals surface area (Å²) in [5.41, 5.74) is 0. The summed E-state index contributed by atoms with van der Waals surface area (Å²) in [5.74, 6) is 2.85. The second-order valence-corrected chi connectivity index (χ2v) is 16.5. The Labute approximate surface area is 288 Å². The first-order valence-electron chi connectivity index (χ1n) is 21.5. The summed E-state index contributed by atoms with van der Waals surface area (Å²) < 4.78 is 7.19. The van der Waals surface area contributed by atoms with Gasteiger partial charge in [-0.2, -0.15) is 0 Å². The predicted molar refractivity (Wildman–Crippen MR) is 207 cm³/mol. The maximum absolute atomic E-state index is 7.19. The van der Waals surface area contributed by atoms with Crippen LogP contribution in [0.1, 0.15) is 248 Å². The number of rotatable bonds is 36. The van der Waals surface area contributed by atoms with Crippen LogP contribution >= 0.6 is 0 Å². The predicted octanol–water partition coefficient (Wildman–Crippen LogP) is 16.1. The lowest BCUT2D eigenvalue weighted by Gasteiger charge is -2.34. The van der Waals surface area contributed by atoms with Gasteiger partial charge in [0.25, 0.3) is 0 Å². The first kappa shape index (κ1) is 45.0. The first-order valence-corrected chi connectivity index (χ1v) is 21.5. The van der Waals surface area contributed by atoms with E-state index in [0.717, 1.165) is 11.8 Å². The summed E-state index contributed by atoms with van der Waals surface area (Å²) in [4.78, 5) is 0. The second kappa shape index (κ2) is 33.8. The third-order valence-electron chi connectivity index (χ3n) is 10.5. The molecule has 0 heterocycles. The van der Waals surface area contributed by atoms with Crippen LogP contribution in [-0.2, 0) is 4.74 Å². The van der Waals surface area contributed by atoms with Gasteiger partial charge < -0.3 is 4.74 Å². The molecule has 0 aliphatic heterocycles. The average molecular weight is 635 g/mol. The SMILES string of the molecule is CCCCCCCCCCCCCCCC(OC(CCCCCCCCCCCCCCC)C(C)CC(C)C)C(C)CC(C)C. The molecule has 0 aliphatic rings. The highest BCUT2D eigenvalue weighted by Gasteiger charge is 2.26. The molecule has 0 radical (unpaired) electrons. The number of unbranched alkanes of at least 4 members (excludes halogenated alkanes) is 24. The van der Waals surface area contributed by atoms with Crippen LogP contribution in [0.25, 0.3) is 0 Å². The van der Waals surface area contributed by atoms with E-state index in [1.54, 1.807) is 0 Å². The first-order chi connectivity index (χ1) is 21.8. The Balaban J connectivity index is 4.46. The van der Waals surface area contributed by atoms with Crippen molar-refractivity contribution in [1.82, 2.24) is 0 Å². The van der Waals surface area contributed by atoms with Crippen molar-refractivity contribution >= 4 is 0 Å². The summed E-state index contributed by atoms with van der Waals surface area (Å²) in [6.07, 6.45) is 43.3. The lowest BCUT2D eigenvalue weighted by Crippen LogP contribution is -2.33. The standard InChI is InChI=1S/C44H90O/c1-9-11-13-15-17-19-21-23-25-27-29-31-33-35-43(41(7)37-39(3)4)45-44(42(8)38-40(5)6)36-34-32-30-28-26-24-22-20-18-16-14-12-10-2/h39-44H,9-38H2,1-8H3. The van der Waals surface area contributed by atoms with Gasteiger partial charge >= 0.3 is 0 Å². The van der Waals surface area contributed by atoms with Crippen molar-refractivity contribution in [3.8, 4) is 0 Å². The Morgan fingerprint density at radius 2 is 0.533 bits per heavy atom. The highest BCUT2D eigenvalue weighted by Crippen LogP contribution is 2.29. The molecule has 0 rings (SSSR count). The van der Waals surface area contributed by atoms with Gasteiger partial charge in [-0.1, -0.05) is 222 Å². The molecule has 0 aromatic heterocycles. The molecule has 0 spiro atoms. The average Bonchev–Trinajstić information content (AvgIpc) is 2.99. The van der Waals surface area contributed by atoms with E-state index in [0.29, 0.717) is 24.0 Å². The zero-order valence-electron chi connectivity index (χ0n) is 33.1. The highest BCUT2D eigenvalue weighted by molar-refractivity contribution is 4.75. The lowest BCUT2D eigenvalue weighted by atomic mass is 9.88. The Bertz CT molecular complexity index is 505. The molecule has 0 saturated carbocycles. The zero-order valence-corrected chi connectivity index (χ0v) is 33.1. The van der Waals surface area contributed by atoms with Crippen molar-refractivity contribution in [3.63, 3.8) is 0 Å². The van der Waals surface area contributed by atoms with Crippen LogP contribution in [-0.4, -0.2) is 12.2 Å². The molecular weight excluding hydrogens is 544 g/mol. The van der Waals surface area contributed by atoms with E-state index in [4.69, 9.17) is 4.74 Å². The van der Waals surface area contributed by atoms with Gasteiger partial charge in [0.05, 0.1) is 12.2 Å². The molecule has 45 heavy (non-hydrogen) atoms. The minimum atomic E-state index is 0.446. The van der Waals surface area contributed by atoms with Crippen LogP contribution in [0.4, 0.5) is 0 Å². The van der Waals surface area contributed by atoms with Crippen LogP contribution < -0.4 is 0 Å². The molecule has 0 aromatic carbocycles. The smallest absolute Gasteiger partial charge is 0.0604 e. The Kier molecular flexibility index (Phi) is 33.8. The van der Waals surface area contributed by atoms with Crippen LogP contribution in [0.3, 0.4) is 0 Å². The van der Waals surface area contributed by atoms with Gasteiger partial charge in [0.2, 0.25) is 0 Å². The summed E-state index contributed by atoms with van der Waals surface area (Å²) in [6.45, 7) is 19.2. The molecule has 0 aliphatic carbocycles. The van der Waals surface area contributed by atoms with E-state index in [2.05, 4.69) is 55.4 Å². The Morgan fingerprint density at radius 1 is 0.311 bits per heavy atom. The molecule has 0 N–H and O–H groups in total. The highest BCUT2D eigenvalue weighted by atomic mass is 16.5. The van der Waals surface area contributed by atoms with Crippen molar-refractivity contribution in [2.24, 2.45) is 23.7 Å². The summed E-state index contributed by atoms with van der Waals surface area (Å²) >= 11 is 0. The third-order valence-corrected chi connectivity index (χ3v) is 10.5. The molecule has 4 atom stereocenters. The van der Waals surface area contributed by atoms with Gasteiger partial charge in [-0.15, -0.1) is 0 Å². The Hall–Kier alpha value is -0.0400. The van der Waals surface area contributed by atoms with E-state index in [1.807, 2.05) is 0 Å². The summed E-state index contributed by atoms with van der Waals surface area (Å²) in [7, 11) is 0. The largest absolute Gasteiger partial charge is 0.374 e. The number of hydrogen-bond donors (Lipinski definition) is 0. The van der Waals surface area contributed by atoms with E-state index >= 15 is 0 Å². The molecule has 0 saturated heterocycles. The monoisotopic (exact) mass is 635 g/mol. The molecule has 0 fully saturated rings. The minimum absolute atomic E-state index is 0.446. The van der Waals surface area contributed by atoms with Crippen LogP contribution in [0.5, 0.6) is 0 Å². The van der Waals surface area contributed by atoms with Gasteiger partial charge in [-0.25, -0.2) is 0 Å². The van der Waals surface area contributed by atoms with Gasteiger partial charge in [0.15, 0.2) is 0 Å². The Morgan fingerprint density at radius 3 is 0.756 bits per heavy atom. The van der Waals surface area contributed by atoms with Gasteiger partial charge in [0, 0.05) is 0 Å². The van der Waals surface area contributed by atoms with Crippen LogP contribution in [0.15, 0.2) is 0 Å². The van der Waals surface area contributed by atoms with Gasteiger partial charge in [0.1, 0.15) is 0 Å². The fourth-order valence-electron chi connectivity index (χ4n) is 7.72. The molecule has 0 amide bonds. The van der Waals surface area contributed by atoms with E-state index in [-0.39, 0.29) is 0 Å². The summed E-state index contributed by atoms with van der Waals surface area (Å²) in [5, 5.41) is 0. The van der Waals surface area contributed by atoms with E-state index < -0.39 is 0 Å². The van der Waals surface area contributed by atoms with Crippen LogP contribution in [0, 0.1) is 23.7 Å². The van der Waals surface area contributed by atoms with Crippen molar-refractivity contribution in [2.75, 3.05) is 0 Å². The molecule has 0 bridgehead atoms. The third kappa shape index (κ3) is 31.0. The van der Waals surface area contributed by atoms with Gasteiger partial charge in [-0.3, -0.25) is 0 Å². The summed E-state index contributed by atoms with van der Waals surface area (Å²) in [6, 6.07) is 0. The number of ether oxygens (including phenoxy) is 1. The van der Waals surface area contributed by atoms with Crippen molar-refractivity contribution in [3.05, 3.63) is 0 Å². The van der Waals surface area contributed by atoms with E-state index in [9.17, 15) is 0 Å².